The molecular formula is C73H52N2. The molecule has 0 amide bonds. The van der Waals surface area contributed by atoms with Gasteiger partial charge in [0.1, 0.15) is 0 Å². The van der Waals surface area contributed by atoms with Crippen molar-refractivity contribution in [2.45, 2.75) is 19.3 Å². The molecule has 0 saturated carbocycles. The van der Waals surface area contributed by atoms with Gasteiger partial charge in [0.25, 0.3) is 0 Å². The monoisotopic (exact) mass is 956 g/mol. The zero-order valence-electron chi connectivity index (χ0n) is 42.0. The maximum absolute atomic E-state index is 2.50. The molecule has 2 nitrogen and oxygen atoms in total. The van der Waals surface area contributed by atoms with E-state index in [0.29, 0.717) is 0 Å². The average Bonchev–Trinajstić information content (AvgIpc) is 3.97. The van der Waals surface area contributed by atoms with Crippen molar-refractivity contribution < 1.29 is 0 Å². The fourth-order valence-corrected chi connectivity index (χ4v) is 12.1. The van der Waals surface area contributed by atoms with Crippen molar-refractivity contribution in [1.82, 2.24) is 4.57 Å². The Kier molecular flexibility index (Phi) is 10.6. The topological polar surface area (TPSA) is 8.17 Å². The molecule has 1 aromatic heterocycles. The Morgan fingerprint density at radius 2 is 0.827 bits per heavy atom. The zero-order chi connectivity index (χ0) is 50.0. The van der Waals surface area contributed by atoms with Crippen LogP contribution in [0.2, 0.25) is 0 Å². The molecule has 0 atom stereocenters. The molecule has 12 aromatic carbocycles. The number of fused-ring (bicyclic) bond motifs is 7. The van der Waals surface area contributed by atoms with Crippen LogP contribution in [0.3, 0.4) is 0 Å². The molecule has 1 aliphatic carbocycles. The molecule has 0 N–H and O–H groups in total. The van der Waals surface area contributed by atoms with Crippen molar-refractivity contribution in [3.8, 4) is 72.4 Å². The van der Waals surface area contributed by atoms with Crippen molar-refractivity contribution in [2.75, 3.05) is 4.90 Å². The fraction of sp³-hybridized carbons (Fsp3) is 0.0411. The molecule has 354 valence electrons. The first-order chi connectivity index (χ1) is 37.0. The second kappa shape index (κ2) is 17.9. The van der Waals surface area contributed by atoms with Gasteiger partial charge in [-0.3, -0.25) is 0 Å². The first-order valence-corrected chi connectivity index (χ1v) is 26.1. The third-order valence-electron chi connectivity index (χ3n) is 15.8. The van der Waals surface area contributed by atoms with Crippen molar-refractivity contribution in [3.05, 3.63) is 290 Å². The molecular weight excluding hydrogens is 905 g/mol. The Hall–Kier alpha value is -9.50. The fourth-order valence-electron chi connectivity index (χ4n) is 12.1. The van der Waals surface area contributed by atoms with Crippen LogP contribution < -0.4 is 4.90 Å². The van der Waals surface area contributed by atoms with Crippen LogP contribution >= 0.6 is 0 Å². The van der Waals surface area contributed by atoms with Gasteiger partial charge in [0.2, 0.25) is 0 Å². The van der Waals surface area contributed by atoms with Crippen LogP contribution in [0.25, 0.3) is 105 Å². The first-order valence-electron chi connectivity index (χ1n) is 26.1. The van der Waals surface area contributed by atoms with Gasteiger partial charge < -0.3 is 9.47 Å². The number of aromatic nitrogens is 1. The smallest absolute Gasteiger partial charge is 0.0547 e. The summed E-state index contributed by atoms with van der Waals surface area (Å²) in [5.41, 5.74) is 23.7. The lowest BCUT2D eigenvalue weighted by Gasteiger charge is -2.31. The van der Waals surface area contributed by atoms with E-state index in [-0.39, 0.29) is 5.41 Å². The van der Waals surface area contributed by atoms with Crippen molar-refractivity contribution in [1.29, 1.82) is 0 Å². The second-order valence-electron chi connectivity index (χ2n) is 20.5. The summed E-state index contributed by atoms with van der Waals surface area (Å²) in [5, 5.41) is 4.98. The number of hydrogen-bond donors (Lipinski definition) is 0. The number of nitrogens with zero attached hydrogens (tertiary/aromatic N) is 2. The highest BCUT2D eigenvalue weighted by Gasteiger charge is 2.36. The number of anilines is 3. The Balaban J connectivity index is 0.988. The summed E-state index contributed by atoms with van der Waals surface area (Å²) >= 11 is 0. The van der Waals surface area contributed by atoms with Crippen LogP contribution in [-0.4, -0.2) is 4.57 Å². The lowest BCUT2D eigenvalue weighted by atomic mass is 9.82. The molecule has 1 aliphatic rings. The molecule has 75 heavy (non-hydrogen) atoms. The normalized spacial score (nSPS) is 12.5. The zero-order valence-corrected chi connectivity index (χ0v) is 42.0. The van der Waals surface area contributed by atoms with Crippen molar-refractivity contribution >= 4 is 49.6 Å². The summed E-state index contributed by atoms with van der Waals surface area (Å²) in [6, 6.07) is 103. The van der Waals surface area contributed by atoms with Gasteiger partial charge in [-0.2, -0.15) is 0 Å². The van der Waals surface area contributed by atoms with E-state index in [1.807, 2.05) is 0 Å². The van der Waals surface area contributed by atoms with Crippen molar-refractivity contribution in [2.24, 2.45) is 0 Å². The van der Waals surface area contributed by atoms with E-state index in [2.05, 4.69) is 302 Å². The molecule has 0 fully saturated rings. The van der Waals surface area contributed by atoms with Crippen LogP contribution in [0.4, 0.5) is 17.1 Å². The third-order valence-corrected chi connectivity index (χ3v) is 15.8. The quantitative estimate of drug-likeness (QED) is 0.140. The molecule has 0 radical (unpaired) electrons. The van der Waals surface area contributed by atoms with Gasteiger partial charge in [0.15, 0.2) is 0 Å². The highest BCUT2D eigenvalue weighted by molar-refractivity contribution is 6.11. The number of benzene rings is 12. The Labute approximate surface area is 438 Å². The van der Waals surface area contributed by atoms with Crippen molar-refractivity contribution in [3.63, 3.8) is 0 Å². The Morgan fingerprint density at radius 3 is 1.64 bits per heavy atom. The predicted octanol–water partition coefficient (Wildman–Crippen LogP) is 20.0. The molecule has 0 unspecified atom stereocenters. The minimum Gasteiger partial charge on any atom is -0.310 e. The lowest BCUT2D eigenvalue weighted by molar-refractivity contribution is 0.660. The molecule has 0 bridgehead atoms. The molecule has 0 saturated heterocycles. The van der Waals surface area contributed by atoms with Crippen LogP contribution in [-0.2, 0) is 5.41 Å². The van der Waals surface area contributed by atoms with Gasteiger partial charge in [-0.25, -0.2) is 0 Å². The lowest BCUT2D eigenvalue weighted by Crippen LogP contribution is -2.17. The average molecular weight is 957 g/mol. The van der Waals surface area contributed by atoms with Gasteiger partial charge in [0.05, 0.1) is 16.7 Å². The number of para-hydroxylation sites is 2. The minimum absolute atomic E-state index is 0.186. The minimum atomic E-state index is -0.186. The SMILES string of the molecule is CC1(C)c2ccccc2-c2ccc(N(c3ccc(-c4ccccc4)cc3)c3cc(-c4ccc(-c5cccc6ccccc56)cc4)ccc3-c3ccccc3-c3ccc4c5ccccc5n(-c5ccccc5)c4c3)cc21. The standard InChI is InChI=1S/C73H52N2/c1-73(2)68-30-15-13-27-63(68)64-45-42-58(48-69(64)73)74(57-40-36-50(37-41-57)49-18-5-3-6-19-49)71-46-54(51-32-34-53(35-33-51)60-29-17-21-52-20-9-10-24-59(52)60)38-43-66(71)62-26-12-11-25-61(62)55-39-44-67-65-28-14-16-31-70(65)75(72(67)47-55)56-22-7-4-8-23-56/h3-48H,1-2H3. The van der Waals surface area contributed by atoms with Crippen LogP contribution in [0, 0.1) is 0 Å². The van der Waals surface area contributed by atoms with Crippen LogP contribution in [0.1, 0.15) is 25.0 Å². The van der Waals surface area contributed by atoms with E-state index in [0.717, 1.165) is 50.6 Å². The van der Waals surface area contributed by atoms with E-state index in [4.69, 9.17) is 0 Å². The maximum atomic E-state index is 2.50. The molecule has 13 aromatic rings. The van der Waals surface area contributed by atoms with Gasteiger partial charge in [-0.05, 0) is 138 Å². The van der Waals surface area contributed by atoms with E-state index in [1.165, 1.54) is 82.6 Å². The summed E-state index contributed by atoms with van der Waals surface area (Å²) in [5.74, 6) is 0. The maximum Gasteiger partial charge on any atom is 0.0547 e. The number of rotatable bonds is 9. The van der Waals surface area contributed by atoms with Gasteiger partial charge in [-0.15, -0.1) is 0 Å². The van der Waals surface area contributed by atoms with Gasteiger partial charge in [0, 0.05) is 38.8 Å². The van der Waals surface area contributed by atoms with Crippen LogP contribution in [0.5, 0.6) is 0 Å². The number of hydrogen-bond acceptors (Lipinski definition) is 1. The summed E-state index contributed by atoms with van der Waals surface area (Å²) < 4.78 is 2.41. The Bertz CT molecular complexity index is 4290. The van der Waals surface area contributed by atoms with E-state index >= 15 is 0 Å². The predicted molar refractivity (Wildman–Crippen MR) is 318 cm³/mol. The van der Waals surface area contributed by atoms with Crippen LogP contribution in [0.15, 0.2) is 279 Å². The summed E-state index contributed by atoms with van der Waals surface area (Å²) in [4.78, 5) is 2.50. The highest BCUT2D eigenvalue weighted by atomic mass is 15.1. The summed E-state index contributed by atoms with van der Waals surface area (Å²) in [6.07, 6.45) is 0. The molecule has 14 rings (SSSR count). The van der Waals surface area contributed by atoms with Gasteiger partial charge in [-0.1, -0.05) is 238 Å². The van der Waals surface area contributed by atoms with E-state index < -0.39 is 0 Å². The Morgan fingerprint density at radius 1 is 0.293 bits per heavy atom. The molecule has 1 heterocycles. The summed E-state index contributed by atoms with van der Waals surface area (Å²) in [6.45, 7) is 4.75. The summed E-state index contributed by atoms with van der Waals surface area (Å²) in [7, 11) is 0. The second-order valence-corrected chi connectivity index (χ2v) is 20.5. The van der Waals surface area contributed by atoms with Gasteiger partial charge >= 0.3 is 0 Å². The van der Waals surface area contributed by atoms with E-state index in [1.54, 1.807) is 0 Å². The molecule has 0 spiro atoms. The first kappa shape index (κ1) is 44.2. The third kappa shape index (κ3) is 7.48. The molecule has 0 aliphatic heterocycles. The molecule has 2 heteroatoms. The largest absolute Gasteiger partial charge is 0.310 e. The van der Waals surface area contributed by atoms with E-state index in [9.17, 15) is 0 Å². The highest BCUT2D eigenvalue weighted by Crippen LogP contribution is 2.52.